The molecule has 4 rings (SSSR count). The SMILES string of the molecule is O=C1c2ccccc2N[C@H](c2ccccn2)N1CCc1ccccc1. The highest BCUT2D eigenvalue weighted by Crippen LogP contribution is 2.32. The van der Waals surface area contributed by atoms with Crippen molar-refractivity contribution in [3.05, 3.63) is 95.8 Å². The van der Waals surface area contributed by atoms with Crippen LogP contribution in [0.5, 0.6) is 0 Å². The topological polar surface area (TPSA) is 45.2 Å². The summed E-state index contributed by atoms with van der Waals surface area (Å²) in [4.78, 5) is 19.4. The summed E-state index contributed by atoms with van der Waals surface area (Å²) >= 11 is 0. The number of nitrogens with zero attached hydrogens (tertiary/aromatic N) is 2. The van der Waals surface area contributed by atoms with Gasteiger partial charge in [0, 0.05) is 18.4 Å². The summed E-state index contributed by atoms with van der Waals surface area (Å²) in [7, 11) is 0. The van der Waals surface area contributed by atoms with Crippen LogP contribution in [-0.4, -0.2) is 22.3 Å². The van der Waals surface area contributed by atoms with Gasteiger partial charge in [-0.15, -0.1) is 0 Å². The quantitative estimate of drug-likeness (QED) is 0.790. The van der Waals surface area contributed by atoms with E-state index < -0.39 is 0 Å². The smallest absolute Gasteiger partial charge is 0.257 e. The molecule has 0 fully saturated rings. The van der Waals surface area contributed by atoms with Gasteiger partial charge in [-0.2, -0.15) is 0 Å². The van der Waals surface area contributed by atoms with Crippen LogP contribution in [0.4, 0.5) is 5.69 Å². The summed E-state index contributed by atoms with van der Waals surface area (Å²) in [5.41, 5.74) is 3.63. The molecule has 1 atom stereocenters. The van der Waals surface area contributed by atoms with Crippen LogP contribution < -0.4 is 5.32 Å². The van der Waals surface area contributed by atoms with E-state index in [0.717, 1.165) is 17.8 Å². The lowest BCUT2D eigenvalue weighted by Crippen LogP contribution is -2.44. The van der Waals surface area contributed by atoms with Crippen LogP contribution in [0, 0.1) is 0 Å². The van der Waals surface area contributed by atoms with E-state index >= 15 is 0 Å². The highest BCUT2D eigenvalue weighted by atomic mass is 16.2. The Morgan fingerprint density at radius 2 is 1.68 bits per heavy atom. The van der Waals surface area contributed by atoms with Crippen LogP contribution in [-0.2, 0) is 6.42 Å². The number of nitrogens with one attached hydrogen (secondary N) is 1. The van der Waals surface area contributed by atoms with Crippen molar-refractivity contribution in [1.82, 2.24) is 9.88 Å². The molecular weight excluding hydrogens is 310 g/mol. The molecule has 1 N–H and O–H groups in total. The van der Waals surface area contributed by atoms with Crippen LogP contribution in [0.2, 0.25) is 0 Å². The normalized spacial score (nSPS) is 16.2. The van der Waals surface area contributed by atoms with Crippen LogP contribution in [0.25, 0.3) is 0 Å². The van der Waals surface area contributed by atoms with E-state index in [-0.39, 0.29) is 12.1 Å². The second-order valence-electron chi connectivity index (χ2n) is 6.08. The fourth-order valence-corrected chi connectivity index (χ4v) is 3.19. The molecule has 124 valence electrons. The van der Waals surface area contributed by atoms with Gasteiger partial charge in [0.15, 0.2) is 0 Å². The summed E-state index contributed by atoms with van der Waals surface area (Å²) in [5, 5.41) is 3.47. The maximum absolute atomic E-state index is 13.1. The molecule has 4 nitrogen and oxygen atoms in total. The second-order valence-corrected chi connectivity index (χ2v) is 6.08. The number of benzene rings is 2. The number of aromatic nitrogens is 1. The molecule has 25 heavy (non-hydrogen) atoms. The fourth-order valence-electron chi connectivity index (χ4n) is 3.19. The molecule has 1 amide bonds. The molecule has 0 saturated heterocycles. The summed E-state index contributed by atoms with van der Waals surface area (Å²) < 4.78 is 0. The molecule has 0 aliphatic carbocycles. The maximum atomic E-state index is 13.1. The van der Waals surface area contributed by atoms with Crippen LogP contribution in [0.1, 0.15) is 27.8 Å². The van der Waals surface area contributed by atoms with E-state index in [9.17, 15) is 4.79 Å². The largest absolute Gasteiger partial charge is 0.359 e. The van der Waals surface area contributed by atoms with Gasteiger partial charge in [-0.25, -0.2) is 0 Å². The Labute approximate surface area is 147 Å². The third kappa shape index (κ3) is 3.11. The second kappa shape index (κ2) is 6.77. The minimum absolute atomic E-state index is 0.0425. The summed E-state index contributed by atoms with van der Waals surface area (Å²) in [6, 6.07) is 23.7. The number of anilines is 1. The van der Waals surface area contributed by atoms with Gasteiger partial charge in [0.2, 0.25) is 0 Å². The molecule has 1 aliphatic heterocycles. The van der Waals surface area contributed by atoms with E-state index in [1.165, 1.54) is 5.56 Å². The van der Waals surface area contributed by atoms with Crippen molar-refractivity contribution in [3.8, 4) is 0 Å². The third-order valence-electron chi connectivity index (χ3n) is 4.47. The molecule has 0 unspecified atom stereocenters. The highest BCUT2D eigenvalue weighted by Gasteiger charge is 2.33. The predicted octanol–water partition coefficient (Wildman–Crippen LogP) is 3.89. The van der Waals surface area contributed by atoms with Crippen molar-refractivity contribution in [2.45, 2.75) is 12.6 Å². The zero-order chi connectivity index (χ0) is 17.1. The minimum Gasteiger partial charge on any atom is -0.359 e. The maximum Gasteiger partial charge on any atom is 0.257 e. The Kier molecular flexibility index (Phi) is 4.17. The number of amides is 1. The average molecular weight is 329 g/mol. The van der Waals surface area contributed by atoms with Gasteiger partial charge in [0.25, 0.3) is 5.91 Å². The van der Waals surface area contributed by atoms with Crippen molar-refractivity contribution in [3.63, 3.8) is 0 Å². The summed E-state index contributed by atoms with van der Waals surface area (Å²) in [5.74, 6) is 0.0425. The standard InChI is InChI=1S/C21H19N3O/c25-21-17-10-4-5-11-18(17)23-20(19-12-6-7-14-22-19)24(21)15-13-16-8-2-1-3-9-16/h1-12,14,20,23H,13,15H2/t20-/m0/s1. The monoisotopic (exact) mass is 329 g/mol. The first-order valence-electron chi connectivity index (χ1n) is 8.44. The van der Waals surface area contributed by atoms with Crippen molar-refractivity contribution in [2.75, 3.05) is 11.9 Å². The number of carbonyl (C=O) groups excluding carboxylic acids is 1. The number of pyridine rings is 1. The first-order chi connectivity index (χ1) is 12.3. The molecule has 3 aromatic rings. The zero-order valence-electron chi connectivity index (χ0n) is 13.8. The van der Waals surface area contributed by atoms with Crippen LogP contribution in [0.15, 0.2) is 79.0 Å². The van der Waals surface area contributed by atoms with E-state index in [2.05, 4.69) is 22.4 Å². The number of para-hydroxylation sites is 1. The lowest BCUT2D eigenvalue weighted by atomic mass is 10.0. The number of fused-ring (bicyclic) bond motifs is 1. The number of hydrogen-bond acceptors (Lipinski definition) is 3. The van der Waals surface area contributed by atoms with Crippen molar-refractivity contribution >= 4 is 11.6 Å². The van der Waals surface area contributed by atoms with Crippen molar-refractivity contribution in [2.24, 2.45) is 0 Å². The lowest BCUT2D eigenvalue weighted by Gasteiger charge is -2.37. The van der Waals surface area contributed by atoms with E-state index in [0.29, 0.717) is 12.1 Å². The lowest BCUT2D eigenvalue weighted by molar-refractivity contribution is 0.0682. The molecule has 2 heterocycles. The van der Waals surface area contributed by atoms with E-state index in [1.807, 2.05) is 65.6 Å². The highest BCUT2D eigenvalue weighted by molar-refractivity contribution is 6.01. The molecule has 4 heteroatoms. The van der Waals surface area contributed by atoms with Gasteiger partial charge in [-0.05, 0) is 36.2 Å². The molecule has 0 saturated carbocycles. The van der Waals surface area contributed by atoms with E-state index in [4.69, 9.17) is 0 Å². The Morgan fingerprint density at radius 1 is 0.920 bits per heavy atom. The molecular formula is C21H19N3O. The first kappa shape index (κ1) is 15.4. The zero-order valence-corrected chi connectivity index (χ0v) is 13.8. The Balaban J connectivity index is 1.66. The molecule has 0 bridgehead atoms. The molecule has 2 aromatic carbocycles. The van der Waals surface area contributed by atoms with Crippen LogP contribution in [0.3, 0.4) is 0 Å². The Morgan fingerprint density at radius 3 is 2.48 bits per heavy atom. The van der Waals surface area contributed by atoms with Gasteiger partial charge in [0.05, 0.1) is 11.3 Å². The number of hydrogen-bond donors (Lipinski definition) is 1. The molecule has 0 spiro atoms. The number of rotatable bonds is 4. The fraction of sp³-hybridized carbons (Fsp3) is 0.143. The minimum atomic E-state index is -0.257. The van der Waals surface area contributed by atoms with Crippen molar-refractivity contribution in [1.29, 1.82) is 0 Å². The van der Waals surface area contributed by atoms with Gasteiger partial charge in [-0.1, -0.05) is 48.5 Å². The average Bonchev–Trinajstić information content (AvgIpc) is 2.69. The third-order valence-corrected chi connectivity index (χ3v) is 4.47. The molecule has 1 aromatic heterocycles. The van der Waals surface area contributed by atoms with E-state index in [1.54, 1.807) is 6.20 Å². The summed E-state index contributed by atoms with van der Waals surface area (Å²) in [6.45, 7) is 0.630. The molecule has 0 radical (unpaired) electrons. The first-order valence-corrected chi connectivity index (χ1v) is 8.44. The van der Waals surface area contributed by atoms with Gasteiger partial charge in [-0.3, -0.25) is 9.78 Å². The Hall–Kier alpha value is -3.14. The van der Waals surface area contributed by atoms with Gasteiger partial charge < -0.3 is 10.2 Å². The molecule has 1 aliphatic rings. The number of carbonyl (C=O) groups is 1. The van der Waals surface area contributed by atoms with Crippen LogP contribution >= 0.6 is 0 Å². The van der Waals surface area contributed by atoms with Gasteiger partial charge in [0.1, 0.15) is 6.17 Å². The van der Waals surface area contributed by atoms with Crippen molar-refractivity contribution < 1.29 is 4.79 Å². The summed E-state index contributed by atoms with van der Waals surface area (Å²) in [6.07, 6.45) is 2.31. The predicted molar refractivity (Wildman–Crippen MR) is 98.2 cm³/mol. The Bertz CT molecular complexity index is 865. The van der Waals surface area contributed by atoms with Gasteiger partial charge >= 0.3 is 0 Å².